The van der Waals surface area contributed by atoms with Crippen molar-refractivity contribution in [1.82, 2.24) is 5.43 Å². The fraction of sp³-hybridized carbons (Fsp3) is 0. The number of furan rings is 1. The maximum Gasteiger partial charge on any atom is 0.271 e. The number of rotatable bonds is 3. The smallest absolute Gasteiger partial charge is 0.271 e. The molecule has 0 aliphatic heterocycles. The van der Waals surface area contributed by atoms with Crippen LogP contribution in [0, 0.1) is 3.77 Å². The molecule has 1 amide bonds. The lowest BCUT2D eigenvalue weighted by Gasteiger charge is -1.99. The van der Waals surface area contributed by atoms with Gasteiger partial charge in [0.05, 0.1) is 6.21 Å². The van der Waals surface area contributed by atoms with Crippen molar-refractivity contribution in [3.8, 4) is 0 Å². The van der Waals surface area contributed by atoms with Crippen molar-refractivity contribution in [3.63, 3.8) is 0 Å². The number of carbonyl (C=O) groups is 1. The fourth-order valence-electron chi connectivity index (χ4n) is 1.25. The number of amides is 1. The average Bonchev–Trinajstić information content (AvgIpc) is 2.75. The zero-order valence-corrected chi connectivity index (χ0v) is 12.0. The minimum Gasteiger partial charge on any atom is -0.449 e. The molecule has 0 bridgehead atoms. The Balaban J connectivity index is 1.98. The number of hydrogen-bond donors (Lipinski definition) is 1. The molecule has 0 aliphatic carbocycles. The molecule has 1 aromatic carbocycles. The summed E-state index contributed by atoms with van der Waals surface area (Å²) in [5.41, 5.74) is 2.85. The summed E-state index contributed by atoms with van der Waals surface area (Å²) < 4.78 is 6.01. The van der Waals surface area contributed by atoms with Gasteiger partial charge in [-0.3, -0.25) is 4.79 Å². The molecule has 2 aromatic rings. The maximum atomic E-state index is 11.7. The van der Waals surface area contributed by atoms with Gasteiger partial charge in [0.25, 0.3) is 5.91 Å². The summed E-state index contributed by atoms with van der Waals surface area (Å²) >= 11 is 7.84. The SMILES string of the molecule is O=C(N/N=C\c1ccc(I)o1)c1cccc(Cl)c1. The van der Waals surface area contributed by atoms with Crippen LogP contribution in [-0.4, -0.2) is 12.1 Å². The Kier molecular flexibility index (Phi) is 4.38. The largest absolute Gasteiger partial charge is 0.449 e. The molecule has 1 heterocycles. The summed E-state index contributed by atoms with van der Waals surface area (Å²) in [4.78, 5) is 11.7. The van der Waals surface area contributed by atoms with Crippen molar-refractivity contribution in [3.05, 3.63) is 56.5 Å². The lowest BCUT2D eigenvalue weighted by Crippen LogP contribution is -2.17. The zero-order chi connectivity index (χ0) is 13.0. The predicted octanol–water partition coefficient (Wildman–Crippen LogP) is 3.30. The van der Waals surface area contributed by atoms with Gasteiger partial charge in [0, 0.05) is 10.6 Å². The summed E-state index contributed by atoms with van der Waals surface area (Å²) in [7, 11) is 0. The van der Waals surface area contributed by atoms with Crippen LogP contribution in [0.25, 0.3) is 0 Å². The first kappa shape index (κ1) is 13.1. The third kappa shape index (κ3) is 3.58. The molecule has 1 aromatic heterocycles. The van der Waals surface area contributed by atoms with E-state index < -0.39 is 0 Å². The van der Waals surface area contributed by atoms with E-state index in [1.54, 1.807) is 36.4 Å². The first-order valence-corrected chi connectivity index (χ1v) is 6.45. The summed E-state index contributed by atoms with van der Waals surface area (Å²) in [6, 6.07) is 10.2. The maximum absolute atomic E-state index is 11.7. The zero-order valence-electron chi connectivity index (χ0n) is 9.06. The molecule has 0 saturated heterocycles. The van der Waals surface area contributed by atoms with E-state index in [0.29, 0.717) is 16.3 Å². The van der Waals surface area contributed by atoms with Crippen LogP contribution in [0.2, 0.25) is 5.02 Å². The summed E-state index contributed by atoms with van der Waals surface area (Å²) in [5, 5.41) is 4.30. The monoisotopic (exact) mass is 374 g/mol. The van der Waals surface area contributed by atoms with Crippen molar-refractivity contribution in [2.24, 2.45) is 5.10 Å². The molecule has 0 atom stereocenters. The van der Waals surface area contributed by atoms with Crippen LogP contribution in [0.15, 0.2) is 45.9 Å². The third-order valence-corrected chi connectivity index (χ3v) is 2.85. The number of hydrogen-bond acceptors (Lipinski definition) is 3. The van der Waals surface area contributed by atoms with Gasteiger partial charge in [-0.2, -0.15) is 5.10 Å². The number of hydrazone groups is 1. The van der Waals surface area contributed by atoms with Crippen LogP contribution in [0.5, 0.6) is 0 Å². The highest BCUT2D eigenvalue weighted by Crippen LogP contribution is 2.10. The average molecular weight is 375 g/mol. The number of carbonyl (C=O) groups excluding carboxylic acids is 1. The van der Waals surface area contributed by atoms with Crippen molar-refractivity contribution < 1.29 is 9.21 Å². The molecule has 2 rings (SSSR count). The quantitative estimate of drug-likeness (QED) is 0.509. The lowest BCUT2D eigenvalue weighted by atomic mass is 10.2. The van der Waals surface area contributed by atoms with E-state index in [0.717, 1.165) is 3.77 Å². The van der Waals surface area contributed by atoms with Gasteiger partial charge in [-0.1, -0.05) is 17.7 Å². The first-order chi connectivity index (χ1) is 8.65. The Bertz CT molecular complexity index is 595. The highest BCUT2D eigenvalue weighted by Gasteiger charge is 2.04. The van der Waals surface area contributed by atoms with Crippen LogP contribution in [0.4, 0.5) is 0 Å². The van der Waals surface area contributed by atoms with Gasteiger partial charge >= 0.3 is 0 Å². The normalized spacial score (nSPS) is 10.8. The summed E-state index contributed by atoms with van der Waals surface area (Å²) in [6.45, 7) is 0. The highest BCUT2D eigenvalue weighted by molar-refractivity contribution is 14.1. The van der Waals surface area contributed by atoms with Crippen molar-refractivity contribution in [2.75, 3.05) is 0 Å². The van der Waals surface area contributed by atoms with Crippen LogP contribution >= 0.6 is 34.2 Å². The van der Waals surface area contributed by atoms with Gasteiger partial charge in [-0.05, 0) is 52.9 Å². The highest BCUT2D eigenvalue weighted by atomic mass is 127. The molecule has 0 fully saturated rings. The van der Waals surface area contributed by atoms with Gasteiger partial charge < -0.3 is 4.42 Å². The Morgan fingerprint density at radius 3 is 2.89 bits per heavy atom. The van der Waals surface area contributed by atoms with Crippen LogP contribution < -0.4 is 5.43 Å². The second kappa shape index (κ2) is 6.01. The molecule has 0 aliphatic rings. The second-order valence-corrected chi connectivity index (χ2v) is 4.85. The van der Waals surface area contributed by atoms with E-state index >= 15 is 0 Å². The Morgan fingerprint density at radius 2 is 2.22 bits per heavy atom. The number of benzene rings is 1. The summed E-state index contributed by atoms with van der Waals surface area (Å²) in [5.74, 6) is 0.251. The number of nitrogens with one attached hydrogen (secondary N) is 1. The van der Waals surface area contributed by atoms with Gasteiger partial charge in [-0.25, -0.2) is 5.43 Å². The molecule has 92 valence electrons. The molecule has 0 spiro atoms. The van der Waals surface area contributed by atoms with E-state index in [4.69, 9.17) is 16.0 Å². The van der Waals surface area contributed by atoms with Gasteiger partial charge in [0.1, 0.15) is 5.76 Å². The van der Waals surface area contributed by atoms with Crippen molar-refractivity contribution >= 4 is 46.3 Å². The van der Waals surface area contributed by atoms with E-state index in [2.05, 4.69) is 10.5 Å². The Labute approximate surface area is 122 Å². The van der Waals surface area contributed by atoms with Gasteiger partial charge in [-0.15, -0.1) is 0 Å². The third-order valence-electron chi connectivity index (χ3n) is 2.04. The Hall–Kier alpha value is -1.34. The van der Waals surface area contributed by atoms with Crippen molar-refractivity contribution in [2.45, 2.75) is 0 Å². The second-order valence-electron chi connectivity index (χ2n) is 3.35. The molecule has 4 nitrogen and oxygen atoms in total. The van der Waals surface area contributed by atoms with E-state index in [9.17, 15) is 4.79 Å². The van der Waals surface area contributed by atoms with Crippen LogP contribution in [0.3, 0.4) is 0 Å². The van der Waals surface area contributed by atoms with Crippen molar-refractivity contribution in [1.29, 1.82) is 0 Å². The number of halogens is 2. The molecule has 18 heavy (non-hydrogen) atoms. The Morgan fingerprint density at radius 1 is 1.39 bits per heavy atom. The topological polar surface area (TPSA) is 54.6 Å². The summed E-state index contributed by atoms with van der Waals surface area (Å²) in [6.07, 6.45) is 1.44. The molecule has 0 radical (unpaired) electrons. The van der Waals surface area contributed by atoms with E-state index in [1.807, 2.05) is 22.6 Å². The molecule has 6 heteroatoms. The van der Waals surface area contributed by atoms with Crippen LogP contribution in [-0.2, 0) is 0 Å². The predicted molar refractivity (Wildman–Crippen MR) is 77.9 cm³/mol. The van der Waals surface area contributed by atoms with E-state index in [1.165, 1.54) is 6.21 Å². The fourth-order valence-corrected chi connectivity index (χ4v) is 1.87. The van der Waals surface area contributed by atoms with Gasteiger partial charge in [0.15, 0.2) is 3.77 Å². The van der Waals surface area contributed by atoms with E-state index in [-0.39, 0.29) is 5.91 Å². The minimum atomic E-state index is -0.324. The molecule has 0 unspecified atom stereocenters. The molecular formula is C12H8ClIN2O2. The minimum absolute atomic E-state index is 0.324. The molecular weight excluding hydrogens is 367 g/mol. The molecule has 0 saturated carbocycles. The standard InChI is InChI=1S/C12H8ClIN2O2/c13-9-3-1-2-8(6-9)12(17)16-15-7-10-4-5-11(14)18-10/h1-7H,(H,16,17)/b15-7-. The molecule has 1 N–H and O–H groups in total. The number of nitrogens with zero attached hydrogens (tertiary/aromatic N) is 1. The lowest BCUT2D eigenvalue weighted by molar-refractivity contribution is 0.0955. The van der Waals surface area contributed by atoms with Gasteiger partial charge in [0.2, 0.25) is 0 Å². The van der Waals surface area contributed by atoms with Crippen LogP contribution in [0.1, 0.15) is 16.1 Å². The first-order valence-electron chi connectivity index (χ1n) is 4.99.